The topological polar surface area (TPSA) is 170 Å². The SMILES string of the molecule is CC.CC.CN.CNC.CO[C@]1(C)C[C@@H](C)CNC(C)C2NC(=O)OC2COC(=O)C(C)C(=O)[C@H](C)C1.OC1CCCOC1. The van der Waals surface area contributed by atoms with Gasteiger partial charge in [0.05, 0.1) is 24.4 Å². The van der Waals surface area contributed by atoms with Crippen molar-refractivity contribution in [2.75, 3.05) is 54.6 Å². The highest BCUT2D eigenvalue weighted by Crippen LogP contribution is 2.30. The van der Waals surface area contributed by atoms with Crippen LogP contribution in [0.15, 0.2) is 0 Å². The fourth-order valence-corrected chi connectivity index (χ4v) is 4.94. The Morgan fingerprint density at radius 1 is 1.00 bits per heavy atom. The quantitative estimate of drug-likeness (QED) is 0.211. The van der Waals surface area contributed by atoms with Crippen molar-refractivity contribution in [1.82, 2.24) is 16.0 Å². The number of aliphatic hydroxyl groups excluding tert-OH is 1. The Hall–Kier alpha value is -1.83. The molecule has 1 amide bonds. The molecular weight excluding hydrogens is 568 g/mol. The Labute approximate surface area is 268 Å². The lowest BCUT2D eigenvalue weighted by Crippen LogP contribution is -2.51. The van der Waals surface area contributed by atoms with Gasteiger partial charge in [-0.3, -0.25) is 9.59 Å². The van der Waals surface area contributed by atoms with Crippen LogP contribution in [0.5, 0.6) is 0 Å². The summed E-state index contributed by atoms with van der Waals surface area (Å²) < 4.78 is 21.3. The maximum absolute atomic E-state index is 12.7. The van der Waals surface area contributed by atoms with Gasteiger partial charge in [0.2, 0.25) is 0 Å². The molecule has 0 spiro atoms. The van der Waals surface area contributed by atoms with E-state index in [9.17, 15) is 14.4 Å². The standard InChI is InChI=1S/C20H34N2O6.C5H10O2.C2H7N.2C2H6.CH5N/c1-11-7-20(5,26-6)8-12(2)17(23)13(3)18(24)27-10-15-16(14(4)21-9-11)22-19(25)28-15;6-5-2-1-3-7-4-5;1-3-2;3*1-2/h11-16,21H,7-10H2,1-6H3,(H,22,25);5-6H,1-4H2;3H,1-2H3;2*1-2H3;2H2,1H3/t11-,12-,13?,14?,15?,16?,20-;;;;;/m1...../s1. The number of nitrogens with two attached hydrogens (primary N) is 1. The van der Waals surface area contributed by atoms with E-state index in [1.54, 1.807) is 14.0 Å². The largest absolute Gasteiger partial charge is 0.461 e. The van der Waals surface area contributed by atoms with Crippen molar-refractivity contribution in [3.8, 4) is 0 Å². The number of ketones is 1. The van der Waals surface area contributed by atoms with Gasteiger partial charge in [-0.25, -0.2) is 4.79 Å². The van der Waals surface area contributed by atoms with E-state index in [0.29, 0.717) is 13.0 Å². The number of ether oxygens (including phenoxy) is 4. The van der Waals surface area contributed by atoms with Crippen LogP contribution in [0.3, 0.4) is 0 Å². The third-order valence-electron chi connectivity index (χ3n) is 7.07. The van der Waals surface area contributed by atoms with E-state index in [1.807, 2.05) is 62.6 Å². The zero-order valence-corrected chi connectivity index (χ0v) is 30.1. The molecule has 8 atom stereocenters. The molecule has 264 valence electrons. The number of rotatable bonds is 1. The first kappa shape index (κ1) is 46.6. The molecule has 0 aromatic heterocycles. The van der Waals surface area contributed by atoms with Gasteiger partial charge in [-0.2, -0.15) is 0 Å². The Bertz CT molecular complexity index is 739. The molecule has 44 heavy (non-hydrogen) atoms. The molecule has 0 aliphatic carbocycles. The molecule has 0 saturated carbocycles. The van der Waals surface area contributed by atoms with Crippen LogP contribution in [0.1, 0.15) is 88.0 Å². The van der Waals surface area contributed by atoms with Crippen molar-refractivity contribution in [1.29, 1.82) is 0 Å². The predicted molar refractivity (Wildman–Crippen MR) is 177 cm³/mol. The highest BCUT2D eigenvalue weighted by molar-refractivity contribution is 5.99. The van der Waals surface area contributed by atoms with Gasteiger partial charge in [-0.1, -0.05) is 41.5 Å². The van der Waals surface area contributed by atoms with Crippen molar-refractivity contribution in [3.05, 3.63) is 0 Å². The van der Waals surface area contributed by atoms with E-state index >= 15 is 0 Å². The summed E-state index contributed by atoms with van der Waals surface area (Å²) in [6, 6.07) is -0.397. The number of methoxy groups -OCH3 is 1. The second kappa shape index (κ2) is 27.5. The van der Waals surface area contributed by atoms with E-state index in [0.717, 1.165) is 32.4 Å². The molecule has 3 fully saturated rings. The number of hydrogen-bond donors (Lipinski definition) is 5. The van der Waals surface area contributed by atoms with Crippen molar-refractivity contribution >= 4 is 17.8 Å². The average Bonchev–Trinajstić information content (AvgIpc) is 3.41. The second-order valence-electron chi connectivity index (χ2n) is 11.0. The van der Waals surface area contributed by atoms with Crippen LogP contribution in [0, 0.1) is 17.8 Å². The van der Waals surface area contributed by atoms with Crippen LogP contribution >= 0.6 is 0 Å². The molecule has 0 aromatic rings. The molecule has 0 bridgehead atoms. The molecule has 3 saturated heterocycles. The molecule has 3 aliphatic rings. The minimum atomic E-state index is -0.877. The minimum absolute atomic E-state index is 0.0745. The lowest BCUT2D eigenvalue weighted by atomic mass is 9.81. The number of carbonyl (C=O) groups excluding carboxylic acids is 3. The zero-order chi connectivity index (χ0) is 34.9. The van der Waals surface area contributed by atoms with E-state index in [1.165, 1.54) is 7.05 Å². The number of Topliss-reactive ketones (excluding diaryl/α,β-unsaturated/α-hetero) is 1. The summed E-state index contributed by atoms with van der Waals surface area (Å²) in [6.45, 7) is 19.5. The van der Waals surface area contributed by atoms with E-state index in [4.69, 9.17) is 24.1 Å². The van der Waals surface area contributed by atoms with Gasteiger partial charge in [-0.05, 0) is 80.1 Å². The van der Waals surface area contributed by atoms with Crippen LogP contribution < -0.4 is 21.7 Å². The number of amides is 1. The Morgan fingerprint density at radius 2 is 1.57 bits per heavy atom. The lowest BCUT2D eigenvalue weighted by Gasteiger charge is -2.34. The summed E-state index contributed by atoms with van der Waals surface area (Å²) in [5.74, 6) is -1.69. The smallest absolute Gasteiger partial charge is 0.408 e. The highest BCUT2D eigenvalue weighted by atomic mass is 16.6. The van der Waals surface area contributed by atoms with Crippen LogP contribution in [0.2, 0.25) is 0 Å². The fraction of sp³-hybridized carbons (Fsp3) is 0.906. The zero-order valence-electron chi connectivity index (χ0n) is 30.1. The van der Waals surface area contributed by atoms with E-state index in [2.05, 4.69) is 28.6 Å². The van der Waals surface area contributed by atoms with Gasteiger partial charge in [0.1, 0.15) is 18.3 Å². The molecule has 12 nitrogen and oxygen atoms in total. The van der Waals surface area contributed by atoms with Crippen LogP contribution in [-0.4, -0.2) is 107 Å². The molecule has 3 aliphatic heterocycles. The summed E-state index contributed by atoms with van der Waals surface area (Å²) in [7, 11) is 6.90. The molecule has 3 heterocycles. The van der Waals surface area contributed by atoms with Gasteiger partial charge in [-0.15, -0.1) is 0 Å². The third kappa shape index (κ3) is 18.9. The van der Waals surface area contributed by atoms with Gasteiger partial charge in [0.25, 0.3) is 0 Å². The van der Waals surface area contributed by atoms with Gasteiger partial charge in [0.15, 0.2) is 6.10 Å². The molecule has 0 radical (unpaired) electrons. The van der Waals surface area contributed by atoms with E-state index in [-0.39, 0.29) is 42.4 Å². The monoisotopic (exact) mass is 637 g/mol. The number of carbonyl (C=O) groups is 3. The Kier molecular flexibility index (Phi) is 29.1. The maximum Gasteiger partial charge on any atom is 0.408 e. The molecule has 5 unspecified atom stereocenters. The number of cyclic esters (lactones) is 1. The number of aliphatic hydroxyl groups is 1. The lowest BCUT2D eigenvalue weighted by molar-refractivity contribution is -0.155. The van der Waals surface area contributed by atoms with Crippen LogP contribution in [0.25, 0.3) is 0 Å². The van der Waals surface area contributed by atoms with Crippen LogP contribution in [0.4, 0.5) is 4.79 Å². The van der Waals surface area contributed by atoms with Crippen molar-refractivity contribution in [2.45, 2.75) is 118 Å². The molecule has 6 N–H and O–H groups in total. The first-order valence-electron chi connectivity index (χ1n) is 16.2. The van der Waals surface area contributed by atoms with Crippen LogP contribution in [-0.2, 0) is 28.5 Å². The third-order valence-corrected chi connectivity index (χ3v) is 7.07. The molecule has 12 heteroatoms. The van der Waals surface area contributed by atoms with Crippen molar-refractivity contribution in [2.24, 2.45) is 23.5 Å². The summed E-state index contributed by atoms with van der Waals surface area (Å²) in [5.41, 5.74) is 4.02. The maximum atomic E-state index is 12.7. The highest BCUT2D eigenvalue weighted by Gasteiger charge is 2.40. The van der Waals surface area contributed by atoms with E-state index < -0.39 is 29.7 Å². The number of nitrogens with one attached hydrogen (secondary N) is 3. The number of hydrogen-bond acceptors (Lipinski definition) is 11. The second-order valence-corrected chi connectivity index (χ2v) is 11.0. The number of fused-ring (bicyclic) bond motifs is 1. The molecular formula is C32H68N4O8. The molecule has 3 rings (SSSR count). The number of esters is 1. The normalized spacial score (nSPS) is 32.2. The van der Waals surface area contributed by atoms with Gasteiger partial charge >= 0.3 is 12.1 Å². The first-order valence-corrected chi connectivity index (χ1v) is 16.2. The first-order chi connectivity index (χ1) is 20.9. The summed E-state index contributed by atoms with van der Waals surface area (Å²) in [5, 5.41) is 17.7. The van der Waals surface area contributed by atoms with Gasteiger partial charge < -0.3 is 45.7 Å². The summed E-state index contributed by atoms with van der Waals surface area (Å²) in [4.78, 5) is 36.8. The van der Waals surface area contributed by atoms with Crippen molar-refractivity contribution in [3.63, 3.8) is 0 Å². The molecule has 0 aromatic carbocycles. The van der Waals surface area contributed by atoms with Gasteiger partial charge in [0, 0.05) is 25.7 Å². The number of alkyl carbamates (subject to hydrolysis) is 1. The summed E-state index contributed by atoms with van der Waals surface area (Å²) in [6.07, 6.45) is 1.91. The fourth-order valence-electron chi connectivity index (χ4n) is 4.94. The average molecular weight is 637 g/mol. The Morgan fingerprint density at radius 3 is 2.02 bits per heavy atom. The minimum Gasteiger partial charge on any atom is -0.461 e. The van der Waals surface area contributed by atoms with Crippen molar-refractivity contribution < 1.29 is 38.4 Å². The summed E-state index contributed by atoms with van der Waals surface area (Å²) >= 11 is 0. The Balaban J connectivity index is -0.000000870. The predicted octanol–water partition coefficient (Wildman–Crippen LogP) is 3.28.